The molecular weight excluding hydrogens is 406 g/mol. The summed E-state index contributed by atoms with van der Waals surface area (Å²) in [6.45, 7) is 6.02. The Labute approximate surface area is 200 Å². The monoisotopic (exact) mass is 449 g/mol. The van der Waals surface area contributed by atoms with Crippen LogP contribution in [-0.4, -0.2) is 17.1 Å². The molecule has 8 atom stereocenters. The molecule has 4 saturated carbocycles. The number of carbonyl (C=O) groups excluding carboxylic acids is 1. The van der Waals surface area contributed by atoms with Crippen LogP contribution in [0.3, 0.4) is 0 Å². The molecule has 3 heteroatoms. The molecular formula is C30H43NO2. The number of benzene rings is 1. The third-order valence-corrected chi connectivity index (χ3v) is 11.7. The summed E-state index contributed by atoms with van der Waals surface area (Å²) in [5, 5.41) is 10.3. The molecule has 1 aromatic carbocycles. The summed E-state index contributed by atoms with van der Waals surface area (Å²) in [6.07, 6.45) is 14.6. The van der Waals surface area contributed by atoms with E-state index in [4.69, 9.17) is 0 Å². The van der Waals surface area contributed by atoms with Crippen molar-refractivity contribution < 1.29 is 9.90 Å². The maximum Gasteiger partial charge on any atom is 0.227 e. The van der Waals surface area contributed by atoms with Crippen molar-refractivity contribution in [1.29, 1.82) is 0 Å². The molecule has 4 aliphatic carbocycles. The number of rotatable bonds is 4. The van der Waals surface area contributed by atoms with Crippen LogP contribution < -0.4 is 4.90 Å². The van der Waals surface area contributed by atoms with E-state index in [-0.39, 0.29) is 6.10 Å². The summed E-state index contributed by atoms with van der Waals surface area (Å²) in [5.74, 6) is 4.56. The second-order valence-corrected chi connectivity index (χ2v) is 12.9. The van der Waals surface area contributed by atoms with Crippen molar-refractivity contribution in [2.75, 3.05) is 4.90 Å². The van der Waals surface area contributed by atoms with E-state index in [1.54, 1.807) is 0 Å². The van der Waals surface area contributed by atoms with Gasteiger partial charge in [0.25, 0.3) is 0 Å². The molecule has 3 nitrogen and oxygen atoms in total. The van der Waals surface area contributed by atoms with Crippen molar-refractivity contribution in [3.05, 3.63) is 29.8 Å². The van der Waals surface area contributed by atoms with Crippen LogP contribution in [0.25, 0.3) is 0 Å². The van der Waals surface area contributed by atoms with Crippen LogP contribution in [-0.2, 0) is 11.3 Å². The Kier molecular flexibility index (Phi) is 5.44. The lowest BCUT2D eigenvalue weighted by Crippen LogP contribution is -2.53. The van der Waals surface area contributed by atoms with E-state index >= 15 is 0 Å². The van der Waals surface area contributed by atoms with E-state index < -0.39 is 0 Å². The molecule has 1 amide bonds. The molecule has 0 bridgehead atoms. The number of carbonyl (C=O) groups is 1. The quantitative estimate of drug-likeness (QED) is 0.554. The lowest BCUT2D eigenvalue weighted by atomic mass is 9.44. The fourth-order valence-electron chi connectivity index (χ4n) is 9.75. The largest absolute Gasteiger partial charge is 0.393 e. The number of fused-ring (bicyclic) bond motifs is 6. The molecule has 0 spiro atoms. The molecule has 1 heterocycles. The highest BCUT2D eigenvalue weighted by molar-refractivity contribution is 5.97. The van der Waals surface area contributed by atoms with Gasteiger partial charge >= 0.3 is 0 Å². The molecule has 0 aromatic heterocycles. The van der Waals surface area contributed by atoms with Gasteiger partial charge in [-0.05, 0) is 123 Å². The lowest BCUT2D eigenvalue weighted by Gasteiger charge is -2.61. The van der Waals surface area contributed by atoms with Crippen molar-refractivity contribution in [2.24, 2.45) is 40.4 Å². The Hall–Kier alpha value is -1.35. The normalized spacial score (nSPS) is 43.7. The highest BCUT2D eigenvalue weighted by Crippen LogP contribution is 2.67. The zero-order valence-electron chi connectivity index (χ0n) is 20.8. The maximum absolute atomic E-state index is 12.8. The Morgan fingerprint density at radius 1 is 1.00 bits per heavy atom. The Morgan fingerprint density at radius 2 is 1.79 bits per heavy atom. The van der Waals surface area contributed by atoms with Gasteiger partial charge in [0.2, 0.25) is 5.91 Å². The van der Waals surface area contributed by atoms with Crippen LogP contribution in [0.1, 0.15) is 96.5 Å². The summed E-state index contributed by atoms with van der Waals surface area (Å²) in [7, 11) is 0. The van der Waals surface area contributed by atoms with E-state index in [1.807, 2.05) is 11.0 Å². The van der Waals surface area contributed by atoms with Gasteiger partial charge in [-0.1, -0.05) is 32.0 Å². The number of hydrogen-bond acceptors (Lipinski definition) is 2. The molecule has 0 saturated heterocycles. The lowest BCUT2D eigenvalue weighted by molar-refractivity contribution is -0.127. The third kappa shape index (κ3) is 3.43. The number of anilines is 1. The van der Waals surface area contributed by atoms with Gasteiger partial charge in [0.15, 0.2) is 0 Å². The molecule has 4 fully saturated rings. The summed E-state index contributed by atoms with van der Waals surface area (Å²) in [6, 6.07) is 8.33. The number of amides is 1. The van der Waals surface area contributed by atoms with Gasteiger partial charge in [0.1, 0.15) is 0 Å². The predicted octanol–water partition coefficient (Wildman–Crippen LogP) is 6.72. The van der Waals surface area contributed by atoms with Gasteiger partial charge < -0.3 is 10.0 Å². The van der Waals surface area contributed by atoms with Crippen molar-refractivity contribution in [2.45, 2.75) is 104 Å². The third-order valence-electron chi connectivity index (χ3n) is 11.7. The van der Waals surface area contributed by atoms with Crippen molar-refractivity contribution in [3.63, 3.8) is 0 Å². The molecule has 1 N–H and O–H groups in total. The second kappa shape index (κ2) is 8.11. The molecule has 5 aliphatic rings. The number of para-hydroxylation sites is 1. The Balaban J connectivity index is 1.07. The first-order valence-corrected chi connectivity index (χ1v) is 14.0. The average Bonchev–Trinajstić information content (AvgIpc) is 3.11. The van der Waals surface area contributed by atoms with E-state index in [9.17, 15) is 9.90 Å². The second-order valence-electron chi connectivity index (χ2n) is 12.9. The van der Waals surface area contributed by atoms with Crippen LogP contribution in [0.4, 0.5) is 5.69 Å². The minimum atomic E-state index is -0.0446. The molecule has 180 valence electrons. The van der Waals surface area contributed by atoms with Crippen LogP contribution in [0.15, 0.2) is 24.3 Å². The number of hydrogen-bond donors (Lipinski definition) is 1. The van der Waals surface area contributed by atoms with E-state index in [1.165, 1.54) is 56.9 Å². The highest BCUT2D eigenvalue weighted by Gasteiger charge is 2.59. The maximum atomic E-state index is 12.8. The summed E-state index contributed by atoms with van der Waals surface area (Å²) in [4.78, 5) is 14.8. The fourth-order valence-corrected chi connectivity index (χ4v) is 9.75. The van der Waals surface area contributed by atoms with Crippen molar-refractivity contribution in [1.82, 2.24) is 0 Å². The Bertz CT molecular complexity index is 912. The van der Waals surface area contributed by atoms with Crippen LogP contribution in [0.2, 0.25) is 0 Å². The fraction of sp³-hybridized carbons (Fsp3) is 0.767. The Morgan fingerprint density at radius 3 is 2.64 bits per heavy atom. The van der Waals surface area contributed by atoms with Crippen LogP contribution in [0.5, 0.6) is 0 Å². The molecule has 0 radical (unpaired) electrons. The van der Waals surface area contributed by atoms with Crippen molar-refractivity contribution in [3.8, 4) is 0 Å². The number of nitrogens with zero attached hydrogens (tertiary/aromatic N) is 1. The van der Waals surface area contributed by atoms with Gasteiger partial charge in [-0.3, -0.25) is 4.79 Å². The topological polar surface area (TPSA) is 40.5 Å². The minimum Gasteiger partial charge on any atom is -0.393 e. The average molecular weight is 450 g/mol. The first-order valence-electron chi connectivity index (χ1n) is 14.0. The minimum absolute atomic E-state index is 0.0446. The van der Waals surface area contributed by atoms with Crippen LogP contribution >= 0.6 is 0 Å². The smallest absolute Gasteiger partial charge is 0.227 e. The highest BCUT2D eigenvalue weighted by atomic mass is 16.3. The molecule has 6 unspecified atom stereocenters. The number of aliphatic hydroxyl groups excluding tert-OH is 1. The number of aliphatic hydroxyl groups is 1. The molecule has 1 aromatic rings. The van der Waals surface area contributed by atoms with Gasteiger partial charge in [0, 0.05) is 12.1 Å². The van der Waals surface area contributed by atoms with Gasteiger partial charge in [-0.25, -0.2) is 0 Å². The van der Waals surface area contributed by atoms with E-state index in [2.05, 4.69) is 32.0 Å². The van der Waals surface area contributed by atoms with Gasteiger partial charge in [-0.15, -0.1) is 0 Å². The summed E-state index contributed by atoms with van der Waals surface area (Å²) >= 11 is 0. The van der Waals surface area contributed by atoms with Crippen molar-refractivity contribution >= 4 is 11.6 Å². The summed E-state index contributed by atoms with van der Waals surface area (Å²) in [5.41, 5.74) is 3.41. The first-order chi connectivity index (χ1) is 15.9. The molecule has 33 heavy (non-hydrogen) atoms. The molecule has 6 rings (SSSR count). The zero-order valence-corrected chi connectivity index (χ0v) is 20.8. The molecule has 1 aliphatic heterocycles. The predicted molar refractivity (Wildman–Crippen MR) is 133 cm³/mol. The standard InChI is InChI=1S/C30H43NO2/c1-29-17-15-26-24(12-10-22-18-23(32)14-16-30(22,26)2)25(29)13-11-21(29)7-5-9-28(33)31-19-20-6-3-4-8-27(20)31/h3-4,6,8,21-26,32H,5,7,9-19H2,1-2H3/t21-,22?,23+,24?,25?,26?,29?,30?/m0/s1. The van der Waals surface area contributed by atoms with Crippen LogP contribution in [0, 0.1) is 40.4 Å². The van der Waals surface area contributed by atoms with E-state index in [0.29, 0.717) is 23.2 Å². The zero-order chi connectivity index (χ0) is 22.8. The summed E-state index contributed by atoms with van der Waals surface area (Å²) < 4.78 is 0. The van der Waals surface area contributed by atoms with Gasteiger partial charge in [0.05, 0.1) is 12.6 Å². The SMILES string of the molecule is CC12CC[C@@H](O)CC1CCC1C2CCC2(C)C1CC[C@@H]2CCCC(=O)N1Cc2ccccc21. The van der Waals surface area contributed by atoms with Gasteiger partial charge in [-0.2, -0.15) is 0 Å². The van der Waals surface area contributed by atoms with E-state index in [0.717, 1.165) is 61.1 Å². The first kappa shape index (κ1) is 22.1.